The number of carbonyl (C=O) groups excluding carboxylic acids is 1. The van der Waals surface area contributed by atoms with Crippen LogP contribution < -0.4 is 5.32 Å². The van der Waals surface area contributed by atoms with Gasteiger partial charge in [0, 0.05) is 41.7 Å². The first-order valence-electron chi connectivity index (χ1n) is 7.09. The van der Waals surface area contributed by atoms with Gasteiger partial charge in [0.15, 0.2) is 0 Å². The number of likely N-dealkylation sites (N-methyl/N-ethyl adjacent to an activating group) is 1. The van der Waals surface area contributed by atoms with E-state index in [4.69, 9.17) is 0 Å². The minimum atomic E-state index is -0.510. The SMILES string of the molecule is CNC(C)(C)C(=O)N1CCc2[nH]c3ccccc3c2C1. The van der Waals surface area contributed by atoms with Gasteiger partial charge in [-0.25, -0.2) is 0 Å². The minimum absolute atomic E-state index is 0.163. The van der Waals surface area contributed by atoms with Crippen LogP contribution in [0.2, 0.25) is 0 Å². The normalized spacial score (nSPS) is 15.4. The molecule has 0 atom stereocenters. The number of rotatable bonds is 2. The first kappa shape index (κ1) is 13.2. The van der Waals surface area contributed by atoms with Crippen molar-refractivity contribution in [2.45, 2.75) is 32.4 Å². The Labute approximate surface area is 119 Å². The van der Waals surface area contributed by atoms with Crippen LogP contribution in [0.1, 0.15) is 25.1 Å². The van der Waals surface area contributed by atoms with Gasteiger partial charge in [-0.3, -0.25) is 4.79 Å². The molecular formula is C16H21N3O. The molecule has 0 spiro atoms. The molecular weight excluding hydrogens is 250 g/mol. The molecule has 2 N–H and O–H groups in total. The standard InChI is InChI=1S/C16H21N3O/c1-16(2,17-3)15(20)19-9-8-14-12(10-19)11-6-4-5-7-13(11)18-14/h4-7,17-18H,8-10H2,1-3H3. The van der Waals surface area contributed by atoms with E-state index >= 15 is 0 Å². The monoisotopic (exact) mass is 271 g/mol. The summed E-state index contributed by atoms with van der Waals surface area (Å²) in [4.78, 5) is 18.0. The summed E-state index contributed by atoms with van der Waals surface area (Å²) in [7, 11) is 1.83. The van der Waals surface area contributed by atoms with Crippen molar-refractivity contribution in [2.75, 3.05) is 13.6 Å². The lowest BCUT2D eigenvalue weighted by Gasteiger charge is -2.34. The van der Waals surface area contributed by atoms with Crippen LogP contribution in [0.3, 0.4) is 0 Å². The predicted molar refractivity (Wildman–Crippen MR) is 80.6 cm³/mol. The van der Waals surface area contributed by atoms with Gasteiger partial charge >= 0.3 is 0 Å². The van der Waals surface area contributed by atoms with Crippen LogP contribution >= 0.6 is 0 Å². The summed E-state index contributed by atoms with van der Waals surface area (Å²) in [6.45, 7) is 5.34. The minimum Gasteiger partial charge on any atom is -0.358 e. The summed E-state index contributed by atoms with van der Waals surface area (Å²) in [6, 6.07) is 8.31. The van der Waals surface area contributed by atoms with Gasteiger partial charge in [-0.2, -0.15) is 0 Å². The summed E-state index contributed by atoms with van der Waals surface area (Å²) in [5.74, 6) is 0.163. The van der Waals surface area contributed by atoms with Crippen LogP contribution in [-0.2, 0) is 17.8 Å². The van der Waals surface area contributed by atoms with Gasteiger partial charge in [-0.15, -0.1) is 0 Å². The Morgan fingerprint density at radius 1 is 1.35 bits per heavy atom. The summed E-state index contributed by atoms with van der Waals surface area (Å²) in [5, 5.41) is 4.33. The highest BCUT2D eigenvalue weighted by Crippen LogP contribution is 2.28. The highest BCUT2D eigenvalue weighted by Gasteiger charge is 2.33. The zero-order chi connectivity index (χ0) is 14.3. The number of carbonyl (C=O) groups is 1. The number of para-hydroxylation sites is 1. The number of nitrogens with zero attached hydrogens (tertiary/aromatic N) is 1. The van der Waals surface area contributed by atoms with Crippen molar-refractivity contribution < 1.29 is 4.79 Å². The largest absolute Gasteiger partial charge is 0.358 e. The number of fused-ring (bicyclic) bond motifs is 3. The number of benzene rings is 1. The Bertz CT molecular complexity index is 657. The van der Waals surface area contributed by atoms with Gasteiger partial charge < -0.3 is 15.2 Å². The molecule has 106 valence electrons. The van der Waals surface area contributed by atoms with Crippen molar-refractivity contribution in [1.82, 2.24) is 15.2 Å². The molecule has 1 aliphatic rings. The van der Waals surface area contributed by atoms with Crippen molar-refractivity contribution in [3.63, 3.8) is 0 Å². The molecule has 0 fully saturated rings. The van der Waals surface area contributed by atoms with Crippen molar-refractivity contribution in [2.24, 2.45) is 0 Å². The second-order valence-electron chi connectivity index (χ2n) is 5.98. The first-order valence-corrected chi connectivity index (χ1v) is 7.09. The fourth-order valence-electron chi connectivity index (χ4n) is 2.84. The summed E-state index contributed by atoms with van der Waals surface area (Å²) in [6.07, 6.45) is 0.898. The molecule has 1 aliphatic heterocycles. The average molecular weight is 271 g/mol. The number of amides is 1. The van der Waals surface area contributed by atoms with Crippen LogP contribution in [0.5, 0.6) is 0 Å². The summed E-state index contributed by atoms with van der Waals surface area (Å²) >= 11 is 0. The zero-order valence-corrected chi connectivity index (χ0v) is 12.3. The van der Waals surface area contributed by atoms with Crippen molar-refractivity contribution in [3.8, 4) is 0 Å². The zero-order valence-electron chi connectivity index (χ0n) is 12.3. The number of hydrogen-bond donors (Lipinski definition) is 2. The summed E-state index contributed by atoms with van der Waals surface area (Å²) in [5.41, 5.74) is 3.20. The van der Waals surface area contributed by atoms with Crippen LogP contribution in [0.25, 0.3) is 10.9 Å². The number of nitrogens with one attached hydrogen (secondary N) is 2. The van der Waals surface area contributed by atoms with Crippen LogP contribution in [0.4, 0.5) is 0 Å². The average Bonchev–Trinajstić information content (AvgIpc) is 2.84. The van der Waals surface area contributed by atoms with E-state index in [0.29, 0.717) is 6.54 Å². The molecule has 0 bridgehead atoms. The molecule has 0 saturated carbocycles. The van der Waals surface area contributed by atoms with E-state index in [1.807, 2.05) is 31.9 Å². The molecule has 0 saturated heterocycles. The Morgan fingerprint density at radius 2 is 2.10 bits per heavy atom. The van der Waals surface area contributed by atoms with Crippen molar-refractivity contribution in [1.29, 1.82) is 0 Å². The maximum atomic E-state index is 12.6. The van der Waals surface area contributed by atoms with E-state index in [2.05, 4.69) is 28.5 Å². The molecule has 3 rings (SSSR count). The van der Waals surface area contributed by atoms with Gasteiger partial charge in [-0.1, -0.05) is 18.2 Å². The highest BCUT2D eigenvalue weighted by molar-refractivity contribution is 5.88. The van der Waals surface area contributed by atoms with E-state index in [0.717, 1.165) is 13.0 Å². The molecule has 2 aromatic rings. The molecule has 0 aliphatic carbocycles. The molecule has 20 heavy (non-hydrogen) atoms. The Hall–Kier alpha value is -1.81. The quantitative estimate of drug-likeness (QED) is 0.878. The third-order valence-electron chi connectivity index (χ3n) is 4.33. The third kappa shape index (κ3) is 2.00. The molecule has 1 amide bonds. The third-order valence-corrected chi connectivity index (χ3v) is 4.33. The molecule has 2 heterocycles. The Morgan fingerprint density at radius 3 is 2.85 bits per heavy atom. The molecule has 1 aromatic carbocycles. The van der Waals surface area contributed by atoms with Crippen LogP contribution in [-0.4, -0.2) is 34.9 Å². The molecule has 1 aromatic heterocycles. The van der Waals surface area contributed by atoms with Crippen molar-refractivity contribution >= 4 is 16.8 Å². The molecule has 4 nitrogen and oxygen atoms in total. The van der Waals surface area contributed by atoms with Crippen LogP contribution in [0, 0.1) is 0 Å². The Balaban J connectivity index is 1.94. The molecule has 0 radical (unpaired) electrons. The van der Waals surface area contributed by atoms with Gasteiger partial charge in [0.2, 0.25) is 5.91 Å². The number of aromatic nitrogens is 1. The topological polar surface area (TPSA) is 48.1 Å². The highest BCUT2D eigenvalue weighted by atomic mass is 16.2. The maximum absolute atomic E-state index is 12.6. The number of H-pyrrole nitrogens is 1. The predicted octanol–water partition coefficient (Wildman–Crippen LogP) is 2.05. The Kier molecular flexibility index (Phi) is 3.05. The first-order chi connectivity index (χ1) is 9.53. The van der Waals surface area contributed by atoms with Crippen LogP contribution in [0.15, 0.2) is 24.3 Å². The van der Waals surface area contributed by atoms with Gasteiger partial charge in [0.05, 0.1) is 5.54 Å². The van der Waals surface area contributed by atoms with Crippen molar-refractivity contribution in [3.05, 3.63) is 35.5 Å². The molecule has 0 unspecified atom stereocenters. The lowest BCUT2D eigenvalue weighted by molar-refractivity contribution is -0.137. The fraction of sp³-hybridized carbons (Fsp3) is 0.438. The lowest BCUT2D eigenvalue weighted by Crippen LogP contribution is -2.53. The second-order valence-corrected chi connectivity index (χ2v) is 5.98. The van der Waals surface area contributed by atoms with E-state index in [-0.39, 0.29) is 5.91 Å². The number of hydrogen-bond acceptors (Lipinski definition) is 2. The fourth-order valence-corrected chi connectivity index (χ4v) is 2.84. The van der Waals surface area contributed by atoms with Gasteiger partial charge in [0.1, 0.15) is 0 Å². The van der Waals surface area contributed by atoms with E-state index in [1.165, 1.54) is 22.2 Å². The smallest absolute Gasteiger partial charge is 0.242 e. The van der Waals surface area contributed by atoms with E-state index < -0.39 is 5.54 Å². The second kappa shape index (κ2) is 4.63. The number of aromatic amines is 1. The van der Waals surface area contributed by atoms with Gasteiger partial charge in [-0.05, 0) is 27.0 Å². The summed E-state index contributed by atoms with van der Waals surface area (Å²) < 4.78 is 0. The molecule has 4 heteroatoms. The maximum Gasteiger partial charge on any atom is 0.242 e. The van der Waals surface area contributed by atoms with E-state index in [9.17, 15) is 4.79 Å². The van der Waals surface area contributed by atoms with Gasteiger partial charge in [0.25, 0.3) is 0 Å². The lowest BCUT2D eigenvalue weighted by atomic mass is 9.99. The van der Waals surface area contributed by atoms with E-state index in [1.54, 1.807) is 0 Å².